The number of esters is 1. The lowest BCUT2D eigenvalue weighted by Crippen LogP contribution is -2.43. The molecule has 1 heterocycles. The van der Waals surface area contributed by atoms with Crippen LogP contribution in [-0.2, 0) is 14.3 Å². The van der Waals surface area contributed by atoms with Crippen LogP contribution in [0.1, 0.15) is 33.6 Å². The van der Waals surface area contributed by atoms with Crippen molar-refractivity contribution in [1.82, 2.24) is 10.2 Å². The first-order valence-electron chi connectivity index (χ1n) is 7.13. The average molecular weight is 286 g/mol. The minimum atomic E-state index is -0.841. The molecular formula is C14H26N2O4. The van der Waals surface area contributed by atoms with E-state index in [-0.39, 0.29) is 12.5 Å². The molecule has 6 nitrogen and oxygen atoms in total. The fraction of sp³-hybridized carbons (Fsp3) is 0.857. The summed E-state index contributed by atoms with van der Waals surface area (Å²) in [5, 5.41) is 11.5. The maximum Gasteiger partial charge on any atom is 0.320 e. The molecule has 0 radical (unpaired) electrons. The summed E-state index contributed by atoms with van der Waals surface area (Å²) in [6.07, 6.45) is 2.10. The van der Waals surface area contributed by atoms with E-state index in [1.807, 2.05) is 20.8 Å². The number of hydrogen-bond donors (Lipinski definition) is 2. The van der Waals surface area contributed by atoms with Gasteiger partial charge in [0.1, 0.15) is 5.60 Å². The molecule has 1 aliphatic rings. The normalized spacial score (nSPS) is 20.6. The van der Waals surface area contributed by atoms with Crippen LogP contribution in [0.2, 0.25) is 0 Å². The molecule has 0 bridgehead atoms. The summed E-state index contributed by atoms with van der Waals surface area (Å²) in [6, 6.07) is 0. The maximum atomic E-state index is 11.8. The molecule has 1 saturated heterocycles. The molecule has 1 fully saturated rings. The number of nitrogens with zero attached hydrogens (tertiary/aromatic N) is 1. The predicted molar refractivity (Wildman–Crippen MR) is 75.5 cm³/mol. The Morgan fingerprint density at radius 1 is 1.40 bits per heavy atom. The number of piperidine rings is 1. The summed E-state index contributed by atoms with van der Waals surface area (Å²) in [7, 11) is 0. The number of aliphatic carboxylic acids is 1. The van der Waals surface area contributed by atoms with Crippen LogP contribution in [0.5, 0.6) is 0 Å². The van der Waals surface area contributed by atoms with Crippen molar-refractivity contribution in [2.75, 3.05) is 32.7 Å². The van der Waals surface area contributed by atoms with Gasteiger partial charge in [0, 0.05) is 6.54 Å². The van der Waals surface area contributed by atoms with Gasteiger partial charge >= 0.3 is 11.9 Å². The smallest absolute Gasteiger partial charge is 0.320 e. The van der Waals surface area contributed by atoms with Crippen LogP contribution >= 0.6 is 0 Å². The van der Waals surface area contributed by atoms with Crippen molar-refractivity contribution in [3.05, 3.63) is 0 Å². The maximum absolute atomic E-state index is 11.8. The van der Waals surface area contributed by atoms with Crippen LogP contribution in [0.25, 0.3) is 0 Å². The Labute approximate surface area is 120 Å². The second kappa shape index (κ2) is 7.59. The largest absolute Gasteiger partial charge is 0.480 e. The Morgan fingerprint density at radius 2 is 2.10 bits per heavy atom. The fourth-order valence-corrected chi connectivity index (χ4v) is 2.40. The van der Waals surface area contributed by atoms with E-state index in [1.165, 1.54) is 0 Å². The van der Waals surface area contributed by atoms with E-state index >= 15 is 0 Å². The third-order valence-electron chi connectivity index (χ3n) is 3.09. The molecule has 0 spiro atoms. The number of carboxylic acid groups (broad SMARTS) is 1. The molecule has 0 aliphatic carbocycles. The Morgan fingerprint density at radius 3 is 2.70 bits per heavy atom. The third-order valence-corrected chi connectivity index (χ3v) is 3.09. The minimum absolute atomic E-state index is 0.0113. The third kappa shape index (κ3) is 7.45. The lowest BCUT2D eigenvalue weighted by atomic mass is 9.98. The lowest BCUT2D eigenvalue weighted by molar-refractivity contribution is -0.156. The topological polar surface area (TPSA) is 78.9 Å². The van der Waals surface area contributed by atoms with E-state index in [0.29, 0.717) is 19.0 Å². The van der Waals surface area contributed by atoms with Gasteiger partial charge in [0.25, 0.3) is 0 Å². The van der Waals surface area contributed by atoms with E-state index in [0.717, 1.165) is 25.9 Å². The molecule has 116 valence electrons. The second-order valence-electron chi connectivity index (χ2n) is 6.35. The van der Waals surface area contributed by atoms with Crippen molar-refractivity contribution in [2.45, 2.75) is 39.2 Å². The average Bonchev–Trinajstić information content (AvgIpc) is 2.26. The van der Waals surface area contributed by atoms with Gasteiger partial charge < -0.3 is 15.2 Å². The van der Waals surface area contributed by atoms with Gasteiger partial charge in [-0.3, -0.25) is 14.5 Å². The van der Waals surface area contributed by atoms with E-state index in [1.54, 1.807) is 0 Å². The van der Waals surface area contributed by atoms with Crippen LogP contribution in [0, 0.1) is 5.92 Å². The van der Waals surface area contributed by atoms with Gasteiger partial charge in [-0.15, -0.1) is 0 Å². The highest BCUT2D eigenvalue weighted by Crippen LogP contribution is 2.16. The summed E-state index contributed by atoms with van der Waals surface area (Å²) < 4.78 is 5.31. The Bertz CT molecular complexity index is 339. The fourth-order valence-electron chi connectivity index (χ4n) is 2.40. The highest BCUT2D eigenvalue weighted by Gasteiger charge is 2.24. The van der Waals surface area contributed by atoms with Crippen LogP contribution in [0.3, 0.4) is 0 Å². The van der Waals surface area contributed by atoms with Gasteiger partial charge in [0.05, 0.1) is 13.1 Å². The Hall–Kier alpha value is -1.14. The molecule has 1 aliphatic heterocycles. The van der Waals surface area contributed by atoms with E-state index < -0.39 is 11.6 Å². The summed E-state index contributed by atoms with van der Waals surface area (Å²) in [4.78, 5) is 24.3. The number of carboxylic acids is 1. The first-order valence-corrected chi connectivity index (χ1v) is 7.13. The zero-order chi connectivity index (χ0) is 15.2. The van der Waals surface area contributed by atoms with Crippen molar-refractivity contribution in [1.29, 1.82) is 0 Å². The van der Waals surface area contributed by atoms with Crippen LogP contribution in [0.15, 0.2) is 0 Å². The van der Waals surface area contributed by atoms with Crippen LogP contribution < -0.4 is 5.32 Å². The number of ether oxygens (including phenoxy) is 1. The number of likely N-dealkylation sites (tertiary alicyclic amines) is 1. The van der Waals surface area contributed by atoms with Crippen LogP contribution in [0.4, 0.5) is 0 Å². The predicted octanol–water partition coefficient (Wildman–Crippen LogP) is 0.714. The number of rotatable bonds is 6. The van der Waals surface area contributed by atoms with Crippen LogP contribution in [-0.4, -0.2) is 60.3 Å². The molecule has 0 saturated carbocycles. The highest BCUT2D eigenvalue weighted by molar-refractivity contribution is 5.72. The standard InChI is InChI=1S/C14H26N2O4/c1-14(2,3)20-13(19)10-16-6-4-5-11(9-16)7-15-8-12(17)18/h11,15H,4-10H2,1-3H3,(H,17,18). The van der Waals surface area contributed by atoms with E-state index in [4.69, 9.17) is 9.84 Å². The van der Waals surface area contributed by atoms with Gasteiger partial charge in [0.15, 0.2) is 0 Å². The molecule has 6 heteroatoms. The SMILES string of the molecule is CC(C)(C)OC(=O)CN1CCCC(CNCC(=O)O)C1. The van der Waals surface area contributed by atoms with Gasteiger partial charge in [-0.05, 0) is 52.6 Å². The molecule has 0 aromatic carbocycles. The summed E-state index contributed by atoms with van der Waals surface area (Å²) >= 11 is 0. The van der Waals surface area contributed by atoms with Crippen molar-refractivity contribution < 1.29 is 19.4 Å². The summed E-state index contributed by atoms with van der Waals surface area (Å²) in [5.41, 5.74) is -0.449. The molecule has 0 aromatic rings. The lowest BCUT2D eigenvalue weighted by Gasteiger charge is -2.32. The zero-order valence-electron chi connectivity index (χ0n) is 12.6. The number of carbonyl (C=O) groups excluding carboxylic acids is 1. The first-order chi connectivity index (χ1) is 9.26. The molecule has 0 amide bonds. The van der Waals surface area contributed by atoms with Gasteiger partial charge in [0.2, 0.25) is 0 Å². The first kappa shape index (κ1) is 16.9. The number of hydrogen-bond acceptors (Lipinski definition) is 5. The molecule has 0 aromatic heterocycles. The molecule has 2 N–H and O–H groups in total. The number of nitrogens with one attached hydrogen (secondary N) is 1. The molecule has 1 atom stereocenters. The number of carbonyl (C=O) groups is 2. The second-order valence-corrected chi connectivity index (χ2v) is 6.35. The van der Waals surface area contributed by atoms with Crippen molar-refractivity contribution >= 4 is 11.9 Å². The monoisotopic (exact) mass is 286 g/mol. The quantitative estimate of drug-likeness (QED) is 0.700. The van der Waals surface area contributed by atoms with Gasteiger partial charge in [-0.25, -0.2) is 0 Å². The van der Waals surface area contributed by atoms with E-state index in [2.05, 4.69) is 10.2 Å². The van der Waals surface area contributed by atoms with Gasteiger partial charge in [-0.1, -0.05) is 0 Å². The zero-order valence-corrected chi connectivity index (χ0v) is 12.6. The van der Waals surface area contributed by atoms with E-state index in [9.17, 15) is 9.59 Å². The summed E-state index contributed by atoms with van der Waals surface area (Å²) in [5.74, 6) is -0.645. The van der Waals surface area contributed by atoms with Crippen molar-refractivity contribution in [2.24, 2.45) is 5.92 Å². The Kier molecular flexibility index (Phi) is 6.42. The molecule has 1 unspecified atom stereocenters. The highest BCUT2D eigenvalue weighted by atomic mass is 16.6. The molecule has 1 rings (SSSR count). The molecule has 20 heavy (non-hydrogen) atoms. The van der Waals surface area contributed by atoms with Crippen molar-refractivity contribution in [3.8, 4) is 0 Å². The molecular weight excluding hydrogens is 260 g/mol. The summed E-state index contributed by atoms with van der Waals surface area (Å²) in [6.45, 7) is 8.27. The Balaban J connectivity index is 2.30. The van der Waals surface area contributed by atoms with Gasteiger partial charge in [-0.2, -0.15) is 0 Å². The van der Waals surface area contributed by atoms with Crippen molar-refractivity contribution in [3.63, 3.8) is 0 Å². The minimum Gasteiger partial charge on any atom is -0.480 e.